The van der Waals surface area contributed by atoms with Crippen LogP contribution in [0.3, 0.4) is 0 Å². The first-order valence-corrected chi connectivity index (χ1v) is 12.4. The highest BCUT2D eigenvalue weighted by Crippen LogP contribution is 2.52. The summed E-state index contributed by atoms with van der Waals surface area (Å²) < 4.78 is 16.0. The maximum atomic E-state index is 16.0. The van der Waals surface area contributed by atoms with Crippen molar-refractivity contribution in [2.45, 2.75) is 17.9 Å². The molecule has 1 aliphatic carbocycles. The standard InChI is InChI=1S/C26H29ClFN5O3/c1-31-10-11-33(25(31)36)24-20(28)12-17(19-4-2-3-5-23(19)35)14-26(24,27)18-13-22(21(16-34)30-15-18)32-8-6-29-7-9-32/h2-5,12-13,15,29,34-35H,6-11,14,16H2,1H3. The Labute approximate surface area is 214 Å². The lowest BCUT2D eigenvalue weighted by atomic mass is 9.81. The smallest absolute Gasteiger partial charge is 0.324 e. The van der Waals surface area contributed by atoms with E-state index in [0.29, 0.717) is 35.5 Å². The molecule has 2 amide bonds. The number of pyridine rings is 1. The van der Waals surface area contributed by atoms with Crippen LogP contribution in [0.2, 0.25) is 0 Å². The van der Waals surface area contributed by atoms with Crippen molar-refractivity contribution >= 4 is 28.9 Å². The van der Waals surface area contributed by atoms with Gasteiger partial charge in [0.05, 0.1) is 23.7 Å². The molecule has 0 radical (unpaired) electrons. The molecule has 3 aliphatic rings. The van der Waals surface area contributed by atoms with Gasteiger partial charge < -0.3 is 25.3 Å². The number of alkyl halides is 1. The number of amides is 2. The molecule has 3 N–H and O–H groups in total. The van der Waals surface area contributed by atoms with E-state index in [2.05, 4.69) is 15.2 Å². The monoisotopic (exact) mass is 513 g/mol. The number of nitrogens with one attached hydrogen (secondary N) is 1. The first-order chi connectivity index (χ1) is 17.3. The number of carbonyl (C=O) groups excluding carboxylic acids is 1. The van der Waals surface area contributed by atoms with E-state index >= 15 is 4.39 Å². The molecule has 10 heteroatoms. The Morgan fingerprint density at radius 1 is 1.19 bits per heavy atom. The molecule has 190 valence electrons. The quantitative estimate of drug-likeness (QED) is 0.532. The number of phenols is 1. The highest BCUT2D eigenvalue weighted by atomic mass is 35.5. The van der Waals surface area contributed by atoms with Gasteiger partial charge in [-0.15, -0.1) is 11.6 Å². The summed E-state index contributed by atoms with van der Waals surface area (Å²) >= 11 is 7.39. The van der Waals surface area contributed by atoms with Crippen LogP contribution in [0.15, 0.2) is 54.1 Å². The van der Waals surface area contributed by atoms with Crippen LogP contribution in [0, 0.1) is 0 Å². The Morgan fingerprint density at radius 2 is 1.94 bits per heavy atom. The van der Waals surface area contributed by atoms with Gasteiger partial charge in [-0.1, -0.05) is 18.2 Å². The number of piperazine rings is 1. The summed E-state index contributed by atoms with van der Waals surface area (Å²) in [7, 11) is 1.67. The van der Waals surface area contributed by atoms with E-state index in [1.807, 2.05) is 6.07 Å². The lowest BCUT2D eigenvalue weighted by Crippen LogP contribution is -2.44. The number of halogens is 2. The Kier molecular flexibility index (Phi) is 6.63. The lowest BCUT2D eigenvalue weighted by Gasteiger charge is -2.39. The molecule has 8 nitrogen and oxygen atoms in total. The van der Waals surface area contributed by atoms with E-state index in [1.54, 1.807) is 37.5 Å². The van der Waals surface area contributed by atoms with Crippen LogP contribution in [-0.4, -0.2) is 77.3 Å². The van der Waals surface area contributed by atoms with Crippen LogP contribution in [-0.2, 0) is 11.5 Å². The molecule has 36 heavy (non-hydrogen) atoms. The molecule has 1 unspecified atom stereocenters. The first-order valence-electron chi connectivity index (χ1n) is 12.0. The van der Waals surface area contributed by atoms with Gasteiger partial charge in [-0.05, 0) is 29.3 Å². The van der Waals surface area contributed by atoms with Crippen molar-refractivity contribution in [2.24, 2.45) is 0 Å². The third-order valence-electron chi connectivity index (χ3n) is 7.09. The molecule has 2 saturated heterocycles. The van der Waals surface area contributed by atoms with Gasteiger partial charge in [0.15, 0.2) is 0 Å². The molecule has 0 bridgehead atoms. The number of benzene rings is 1. The zero-order valence-electron chi connectivity index (χ0n) is 20.0. The minimum Gasteiger partial charge on any atom is -0.507 e. The van der Waals surface area contributed by atoms with E-state index < -0.39 is 10.7 Å². The maximum Gasteiger partial charge on any atom is 0.324 e. The van der Waals surface area contributed by atoms with E-state index in [0.717, 1.165) is 31.9 Å². The van der Waals surface area contributed by atoms with Gasteiger partial charge in [0.2, 0.25) is 0 Å². The largest absolute Gasteiger partial charge is 0.507 e. The van der Waals surface area contributed by atoms with E-state index in [9.17, 15) is 15.0 Å². The predicted molar refractivity (Wildman–Crippen MR) is 136 cm³/mol. The molecular formula is C26H29ClFN5O3. The molecule has 2 fully saturated rings. The molecule has 5 rings (SSSR count). The number of phenolic OH excluding ortho intramolecular Hbond substituents is 1. The minimum absolute atomic E-state index is 0.0197. The number of hydrogen-bond donors (Lipinski definition) is 3. The fraction of sp³-hybridized carbons (Fsp3) is 0.385. The van der Waals surface area contributed by atoms with Crippen LogP contribution in [0.25, 0.3) is 5.57 Å². The van der Waals surface area contributed by atoms with Crippen LogP contribution in [0.5, 0.6) is 5.75 Å². The normalized spacial score (nSPS) is 22.9. The zero-order valence-corrected chi connectivity index (χ0v) is 20.8. The van der Waals surface area contributed by atoms with Crippen molar-refractivity contribution in [2.75, 3.05) is 51.2 Å². The number of rotatable bonds is 5. The molecule has 0 saturated carbocycles. The van der Waals surface area contributed by atoms with Gasteiger partial charge in [0.1, 0.15) is 16.5 Å². The summed E-state index contributed by atoms with van der Waals surface area (Å²) in [5, 5.41) is 23.8. The van der Waals surface area contributed by atoms with Gasteiger partial charge >= 0.3 is 6.03 Å². The van der Waals surface area contributed by atoms with Gasteiger partial charge in [0.25, 0.3) is 0 Å². The number of anilines is 1. The molecular weight excluding hydrogens is 485 g/mol. The van der Waals surface area contributed by atoms with Crippen molar-refractivity contribution in [1.82, 2.24) is 20.1 Å². The number of carbonyl (C=O) groups is 1. The average Bonchev–Trinajstić information content (AvgIpc) is 3.21. The summed E-state index contributed by atoms with van der Waals surface area (Å²) in [6.07, 6.45) is 3.03. The Bertz CT molecular complexity index is 1250. The number of nitrogens with zero attached hydrogens (tertiary/aromatic N) is 4. The average molecular weight is 514 g/mol. The number of allylic oxidation sites excluding steroid dienone is 4. The number of aliphatic hydroxyl groups excluding tert-OH is 1. The molecule has 0 spiro atoms. The van der Waals surface area contributed by atoms with E-state index in [-0.39, 0.29) is 30.5 Å². The van der Waals surface area contributed by atoms with Crippen molar-refractivity contribution < 1.29 is 19.4 Å². The summed E-state index contributed by atoms with van der Waals surface area (Å²) in [5.41, 5.74) is 2.82. The second-order valence-electron chi connectivity index (χ2n) is 9.30. The molecule has 1 aromatic carbocycles. The maximum absolute atomic E-state index is 16.0. The van der Waals surface area contributed by atoms with Gasteiger partial charge in [0, 0.05) is 64.5 Å². The van der Waals surface area contributed by atoms with E-state index in [4.69, 9.17) is 11.6 Å². The van der Waals surface area contributed by atoms with Crippen molar-refractivity contribution in [1.29, 1.82) is 0 Å². The molecule has 2 aromatic rings. The van der Waals surface area contributed by atoms with Crippen LogP contribution in [0.1, 0.15) is 23.2 Å². The Morgan fingerprint density at radius 3 is 2.61 bits per heavy atom. The number of hydrogen-bond acceptors (Lipinski definition) is 6. The van der Waals surface area contributed by atoms with Crippen LogP contribution in [0.4, 0.5) is 14.9 Å². The molecule has 2 aliphatic heterocycles. The number of urea groups is 1. The topological polar surface area (TPSA) is 92.2 Å². The van der Waals surface area contributed by atoms with Crippen molar-refractivity contribution in [3.63, 3.8) is 0 Å². The molecule has 1 atom stereocenters. The fourth-order valence-corrected chi connectivity index (χ4v) is 5.60. The number of aromatic hydroxyl groups is 1. The highest BCUT2D eigenvalue weighted by molar-refractivity contribution is 6.27. The second-order valence-corrected chi connectivity index (χ2v) is 9.95. The van der Waals surface area contributed by atoms with Gasteiger partial charge in [-0.3, -0.25) is 9.88 Å². The number of likely N-dealkylation sites (N-methyl/N-ethyl adjacent to an activating group) is 1. The van der Waals surface area contributed by atoms with Gasteiger partial charge in [-0.25, -0.2) is 9.18 Å². The summed E-state index contributed by atoms with van der Waals surface area (Å²) in [6.45, 7) is 3.53. The van der Waals surface area contributed by atoms with Crippen molar-refractivity contribution in [3.05, 3.63) is 70.9 Å². The summed E-state index contributed by atoms with van der Waals surface area (Å²) in [6, 6.07) is 8.24. The second kappa shape index (κ2) is 9.72. The van der Waals surface area contributed by atoms with Crippen molar-refractivity contribution in [3.8, 4) is 5.75 Å². The predicted octanol–water partition coefficient (Wildman–Crippen LogP) is 3.16. The summed E-state index contributed by atoms with van der Waals surface area (Å²) in [4.78, 5) is 21.0. The van der Waals surface area contributed by atoms with Gasteiger partial charge in [-0.2, -0.15) is 0 Å². The number of aliphatic hydroxyl groups is 1. The van der Waals surface area contributed by atoms with Crippen LogP contribution < -0.4 is 10.2 Å². The van der Waals surface area contributed by atoms with E-state index in [1.165, 1.54) is 15.9 Å². The first kappa shape index (κ1) is 24.5. The molecule has 3 heterocycles. The fourth-order valence-electron chi connectivity index (χ4n) is 5.16. The third kappa shape index (κ3) is 4.21. The Balaban J connectivity index is 1.66. The molecule has 1 aromatic heterocycles. The SMILES string of the molecule is CN1CCN(C2=C(F)C=C(c3ccccc3O)CC2(Cl)c2cnc(CO)c(N3CCNCC3)c2)C1=O. The van der Waals surface area contributed by atoms with Crippen LogP contribution >= 0.6 is 11.6 Å². The number of para-hydroxylation sites is 1. The highest BCUT2D eigenvalue weighted by Gasteiger charge is 2.47. The zero-order chi connectivity index (χ0) is 25.4. The minimum atomic E-state index is -1.47. The lowest BCUT2D eigenvalue weighted by molar-refractivity contribution is 0.203. The third-order valence-corrected chi connectivity index (χ3v) is 7.62. The Hall–Kier alpha value is -3.14. The summed E-state index contributed by atoms with van der Waals surface area (Å²) in [5.74, 6) is -0.612. The number of aromatic nitrogens is 1.